The van der Waals surface area contributed by atoms with E-state index in [-0.39, 0.29) is 6.54 Å². The summed E-state index contributed by atoms with van der Waals surface area (Å²) in [6.45, 7) is 1.41. The van der Waals surface area contributed by atoms with Gasteiger partial charge in [0.05, 0.1) is 25.6 Å². The van der Waals surface area contributed by atoms with Crippen LogP contribution in [0.3, 0.4) is 0 Å². The van der Waals surface area contributed by atoms with Crippen molar-refractivity contribution in [1.29, 1.82) is 0 Å². The first kappa shape index (κ1) is 20.2. The van der Waals surface area contributed by atoms with E-state index in [0.717, 1.165) is 16.1 Å². The summed E-state index contributed by atoms with van der Waals surface area (Å²) in [6, 6.07) is 13.4. The van der Waals surface area contributed by atoms with Gasteiger partial charge in [-0.2, -0.15) is 4.31 Å². The Bertz CT molecular complexity index is 872. The Labute approximate surface area is 158 Å². The second kappa shape index (κ2) is 8.53. The highest BCUT2D eigenvalue weighted by molar-refractivity contribution is 7.88. The molecule has 1 N–H and O–H groups in total. The first-order chi connectivity index (χ1) is 12.2. The SMILES string of the molecule is COc1ccc(Cl)cc1NC(=O)CN(C(C)c1ccccc1)S(C)(=O)=O. The molecule has 0 heterocycles. The molecule has 6 nitrogen and oxygen atoms in total. The first-order valence-corrected chi connectivity index (χ1v) is 10.1. The number of nitrogens with zero attached hydrogens (tertiary/aromatic N) is 1. The fourth-order valence-corrected chi connectivity index (χ4v) is 3.77. The van der Waals surface area contributed by atoms with Crippen molar-refractivity contribution in [2.45, 2.75) is 13.0 Å². The molecule has 0 aliphatic heterocycles. The maximum absolute atomic E-state index is 12.5. The second-order valence-electron chi connectivity index (χ2n) is 5.79. The minimum atomic E-state index is -3.61. The highest BCUT2D eigenvalue weighted by Crippen LogP contribution is 2.28. The Morgan fingerprint density at radius 2 is 1.88 bits per heavy atom. The predicted octanol–water partition coefficient (Wildman–Crippen LogP) is 3.31. The van der Waals surface area contributed by atoms with Gasteiger partial charge in [-0.05, 0) is 30.7 Å². The van der Waals surface area contributed by atoms with Gasteiger partial charge in [-0.3, -0.25) is 4.79 Å². The summed E-state index contributed by atoms with van der Waals surface area (Å²) < 4.78 is 30.8. The molecule has 0 radical (unpaired) electrons. The maximum atomic E-state index is 12.5. The topological polar surface area (TPSA) is 75.7 Å². The number of carbonyl (C=O) groups is 1. The van der Waals surface area contributed by atoms with E-state index in [1.165, 1.54) is 7.11 Å². The molecule has 2 rings (SSSR count). The lowest BCUT2D eigenvalue weighted by molar-refractivity contribution is -0.116. The van der Waals surface area contributed by atoms with Gasteiger partial charge in [0.15, 0.2) is 0 Å². The van der Waals surface area contributed by atoms with Gasteiger partial charge in [0.1, 0.15) is 5.75 Å². The van der Waals surface area contributed by atoms with E-state index in [9.17, 15) is 13.2 Å². The van der Waals surface area contributed by atoms with E-state index in [1.54, 1.807) is 25.1 Å². The molecule has 0 spiro atoms. The number of methoxy groups -OCH3 is 1. The summed E-state index contributed by atoms with van der Waals surface area (Å²) in [5.74, 6) is -0.0523. The molecular weight excluding hydrogens is 376 g/mol. The fraction of sp³-hybridized carbons (Fsp3) is 0.278. The molecule has 140 valence electrons. The minimum absolute atomic E-state index is 0.329. The van der Waals surface area contributed by atoms with Crippen LogP contribution in [0, 0.1) is 0 Å². The monoisotopic (exact) mass is 396 g/mol. The van der Waals surface area contributed by atoms with Crippen LogP contribution in [0.2, 0.25) is 5.02 Å². The molecule has 1 amide bonds. The van der Waals surface area contributed by atoms with E-state index in [2.05, 4.69) is 5.32 Å². The number of carbonyl (C=O) groups excluding carboxylic acids is 1. The highest BCUT2D eigenvalue weighted by Gasteiger charge is 2.27. The fourth-order valence-electron chi connectivity index (χ4n) is 2.55. The van der Waals surface area contributed by atoms with Crippen molar-refractivity contribution < 1.29 is 17.9 Å². The quantitative estimate of drug-likeness (QED) is 0.779. The number of amides is 1. The van der Waals surface area contributed by atoms with Crippen molar-refractivity contribution in [2.24, 2.45) is 0 Å². The van der Waals surface area contributed by atoms with Crippen LogP contribution >= 0.6 is 11.6 Å². The molecule has 26 heavy (non-hydrogen) atoms. The molecule has 0 aliphatic rings. The molecule has 1 unspecified atom stereocenters. The largest absolute Gasteiger partial charge is 0.495 e. The standard InChI is InChI=1S/C18H21ClN2O4S/c1-13(14-7-5-4-6-8-14)21(26(3,23)24)12-18(22)20-16-11-15(19)9-10-17(16)25-2/h4-11,13H,12H2,1-3H3,(H,20,22). The van der Waals surface area contributed by atoms with Crippen molar-refractivity contribution in [3.05, 3.63) is 59.1 Å². The average Bonchev–Trinajstić information content (AvgIpc) is 2.59. The molecule has 2 aromatic carbocycles. The number of nitrogens with one attached hydrogen (secondary N) is 1. The molecule has 1 atom stereocenters. The third-order valence-electron chi connectivity index (χ3n) is 3.87. The summed E-state index contributed by atoms with van der Waals surface area (Å²) in [5.41, 5.74) is 1.18. The second-order valence-corrected chi connectivity index (χ2v) is 8.16. The first-order valence-electron chi connectivity index (χ1n) is 7.87. The summed E-state index contributed by atoms with van der Waals surface area (Å²) in [4.78, 5) is 12.5. The van der Waals surface area contributed by atoms with Gasteiger partial charge < -0.3 is 10.1 Å². The van der Waals surface area contributed by atoms with Crippen LogP contribution in [0.4, 0.5) is 5.69 Å². The van der Waals surface area contributed by atoms with Crippen LogP contribution in [-0.4, -0.2) is 38.5 Å². The van der Waals surface area contributed by atoms with Crippen molar-refractivity contribution in [2.75, 3.05) is 25.2 Å². The van der Waals surface area contributed by atoms with E-state index in [4.69, 9.17) is 16.3 Å². The third-order valence-corrected chi connectivity index (χ3v) is 5.41. The number of rotatable bonds is 7. The minimum Gasteiger partial charge on any atom is -0.495 e. The average molecular weight is 397 g/mol. The van der Waals surface area contributed by atoms with Crippen molar-refractivity contribution >= 4 is 33.2 Å². The lowest BCUT2D eigenvalue weighted by Gasteiger charge is -2.26. The van der Waals surface area contributed by atoms with E-state index < -0.39 is 22.0 Å². The van der Waals surface area contributed by atoms with Crippen LogP contribution in [0.15, 0.2) is 48.5 Å². The summed E-state index contributed by atoms with van der Waals surface area (Å²) in [5, 5.41) is 3.09. The Balaban J connectivity index is 2.21. The molecule has 8 heteroatoms. The summed E-state index contributed by atoms with van der Waals surface area (Å²) in [6.07, 6.45) is 1.08. The molecule has 0 fully saturated rings. The number of hydrogen-bond acceptors (Lipinski definition) is 4. The van der Waals surface area contributed by atoms with Gasteiger partial charge in [-0.15, -0.1) is 0 Å². The third kappa shape index (κ3) is 5.20. The molecular formula is C18H21ClN2O4S. The Hall–Kier alpha value is -2.09. The van der Waals surface area contributed by atoms with Gasteiger partial charge in [0.25, 0.3) is 0 Å². The van der Waals surface area contributed by atoms with Gasteiger partial charge in [0, 0.05) is 11.1 Å². The number of halogens is 1. The lowest BCUT2D eigenvalue weighted by Crippen LogP contribution is -2.39. The van der Waals surface area contributed by atoms with E-state index >= 15 is 0 Å². The van der Waals surface area contributed by atoms with E-state index in [0.29, 0.717) is 16.5 Å². The molecule has 0 aliphatic carbocycles. The van der Waals surface area contributed by atoms with Gasteiger partial charge in [-0.25, -0.2) is 8.42 Å². The number of benzene rings is 2. The number of anilines is 1. The van der Waals surface area contributed by atoms with Crippen molar-refractivity contribution in [3.8, 4) is 5.75 Å². The van der Waals surface area contributed by atoms with Crippen LogP contribution in [0.1, 0.15) is 18.5 Å². The van der Waals surface area contributed by atoms with Gasteiger partial charge >= 0.3 is 0 Å². The molecule has 0 saturated heterocycles. The zero-order valence-electron chi connectivity index (χ0n) is 14.8. The molecule has 0 saturated carbocycles. The zero-order chi connectivity index (χ0) is 19.3. The van der Waals surface area contributed by atoms with Gasteiger partial charge in [0.2, 0.25) is 15.9 Å². The maximum Gasteiger partial charge on any atom is 0.239 e. The molecule has 0 bridgehead atoms. The summed E-state index contributed by atoms with van der Waals surface area (Å²) in [7, 11) is -2.14. The number of hydrogen-bond donors (Lipinski definition) is 1. The number of ether oxygens (including phenoxy) is 1. The van der Waals surface area contributed by atoms with Crippen LogP contribution in [0.5, 0.6) is 5.75 Å². The van der Waals surface area contributed by atoms with Crippen LogP contribution in [-0.2, 0) is 14.8 Å². The van der Waals surface area contributed by atoms with Gasteiger partial charge in [-0.1, -0.05) is 41.9 Å². The van der Waals surface area contributed by atoms with Crippen LogP contribution < -0.4 is 10.1 Å². The smallest absolute Gasteiger partial charge is 0.239 e. The Morgan fingerprint density at radius 3 is 2.46 bits per heavy atom. The zero-order valence-corrected chi connectivity index (χ0v) is 16.3. The van der Waals surface area contributed by atoms with Crippen molar-refractivity contribution in [3.63, 3.8) is 0 Å². The van der Waals surface area contributed by atoms with Crippen molar-refractivity contribution in [1.82, 2.24) is 4.31 Å². The molecule has 2 aromatic rings. The van der Waals surface area contributed by atoms with E-state index in [1.807, 2.05) is 30.3 Å². The summed E-state index contributed by atoms with van der Waals surface area (Å²) >= 11 is 5.95. The Morgan fingerprint density at radius 1 is 1.23 bits per heavy atom. The molecule has 0 aromatic heterocycles. The Kier molecular flexibility index (Phi) is 6.63. The highest BCUT2D eigenvalue weighted by atomic mass is 35.5. The normalized spacial score (nSPS) is 12.7. The van der Waals surface area contributed by atoms with Crippen LogP contribution in [0.25, 0.3) is 0 Å². The number of sulfonamides is 1. The predicted molar refractivity (Wildman–Crippen MR) is 103 cm³/mol. The lowest BCUT2D eigenvalue weighted by atomic mass is 10.1.